The summed E-state index contributed by atoms with van der Waals surface area (Å²) in [6, 6.07) is 14.2. The summed E-state index contributed by atoms with van der Waals surface area (Å²) < 4.78 is 13.1. The molecule has 3 heterocycles. The van der Waals surface area contributed by atoms with Gasteiger partial charge in [-0.15, -0.1) is 0 Å². The molecule has 0 bridgehead atoms. The Balaban J connectivity index is 1.62. The van der Waals surface area contributed by atoms with Crippen molar-refractivity contribution in [3.8, 4) is 11.3 Å². The summed E-state index contributed by atoms with van der Waals surface area (Å²) in [6.45, 7) is 3.64. The average Bonchev–Trinajstić information content (AvgIpc) is 3.52. The highest BCUT2D eigenvalue weighted by molar-refractivity contribution is 7.07. The highest BCUT2D eigenvalue weighted by Gasteiger charge is 2.33. The maximum absolute atomic E-state index is 13.8. The molecule has 0 spiro atoms. The van der Waals surface area contributed by atoms with E-state index in [9.17, 15) is 19.7 Å². The molecule has 0 saturated heterocycles. The zero-order valence-electron chi connectivity index (χ0n) is 22.6. The second-order valence-electron chi connectivity index (χ2n) is 9.41. The van der Waals surface area contributed by atoms with Crippen molar-refractivity contribution in [2.24, 2.45) is 4.99 Å². The fraction of sp³-hybridized carbons (Fsp3) is 0.207. The SMILES string of the molecule is CCOC(=O)C1=C(C)N=c2s/c(=C/c3ccc(-c4cc([N+](=O)[O-])ccc4Cl)o3)c(=O)n2C1c1ccc(N(C)C)cc1. The van der Waals surface area contributed by atoms with E-state index < -0.39 is 16.9 Å². The van der Waals surface area contributed by atoms with Crippen molar-refractivity contribution in [1.29, 1.82) is 0 Å². The first-order chi connectivity index (χ1) is 19.6. The van der Waals surface area contributed by atoms with Gasteiger partial charge in [-0.1, -0.05) is 35.1 Å². The van der Waals surface area contributed by atoms with E-state index in [1.165, 1.54) is 34.1 Å². The van der Waals surface area contributed by atoms with Crippen molar-refractivity contribution in [3.05, 3.63) is 112 Å². The van der Waals surface area contributed by atoms with Crippen LogP contribution in [0.3, 0.4) is 0 Å². The molecule has 2 aromatic carbocycles. The zero-order chi connectivity index (χ0) is 29.4. The van der Waals surface area contributed by atoms with Gasteiger partial charge in [0.05, 0.1) is 38.4 Å². The van der Waals surface area contributed by atoms with Crippen LogP contribution in [-0.4, -0.2) is 36.2 Å². The summed E-state index contributed by atoms with van der Waals surface area (Å²) in [5, 5.41) is 11.5. The van der Waals surface area contributed by atoms with Gasteiger partial charge in [-0.05, 0) is 49.7 Å². The van der Waals surface area contributed by atoms with E-state index in [-0.39, 0.29) is 22.9 Å². The van der Waals surface area contributed by atoms with Crippen LogP contribution in [0.2, 0.25) is 5.02 Å². The summed E-state index contributed by atoms with van der Waals surface area (Å²) in [7, 11) is 3.86. The Morgan fingerprint density at radius 1 is 1.22 bits per heavy atom. The van der Waals surface area contributed by atoms with Crippen molar-refractivity contribution in [2.75, 3.05) is 25.6 Å². The van der Waals surface area contributed by atoms with Gasteiger partial charge in [0, 0.05) is 43.6 Å². The minimum absolute atomic E-state index is 0.123. The minimum Gasteiger partial charge on any atom is -0.463 e. The minimum atomic E-state index is -0.737. The number of nitro benzene ring substituents is 1. The summed E-state index contributed by atoms with van der Waals surface area (Å²) >= 11 is 7.44. The van der Waals surface area contributed by atoms with Crippen molar-refractivity contribution in [3.63, 3.8) is 0 Å². The second kappa shape index (κ2) is 11.2. The summed E-state index contributed by atoms with van der Waals surface area (Å²) in [4.78, 5) is 44.6. The van der Waals surface area contributed by atoms with E-state index in [1.54, 1.807) is 32.1 Å². The van der Waals surface area contributed by atoms with Crippen molar-refractivity contribution in [2.45, 2.75) is 19.9 Å². The molecule has 12 heteroatoms. The normalized spacial score (nSPS) is 15.0. The van der Waals surface area contributed by atoms with E-state index in [2.05, 4.69) is 4.99 Å². The van der Waals surface area contributed by atoms with Gasteiger partial charge in [-0.3, -0.25) is 19.5 Å². The van der Waals surface area contributed by atoms with Crippen LogP contribution in [0.4, 0.5) is 11.4 Å². The molecule has 5 rings (SSSR count). The number of furan rings is 1. The molecule has 210 valence electrons. The third-order valence-corrected chi connectivity index (χ3v) is 7.88. The summed E-state index contributed by atoms with van der Waals surface area (Å²) in [6.07, 6.45) is 1.58. The molecular formula is C29H25ClN4O6S. The first-order valence-electron chi connectivity index (χ1n) is 12.6. The van der Waals surface area contributed by atoms with E-state index in [1.807, 2.05) is 43.3 Å². The number of ether oxygens (including phenoxy) is 1. The molecule has 1 aliphatic heterocycles. The molecule has 41 heavy (non-hydrogen) atoms. The highest BCUT2D eigenvalue weighted by atomic mass is 35.5. The Bertz CT molecular complexity index is 1880. The number of hydrogen-bond acceptors (Lipinski definition) is 9. The number of rotatable bonds is 7. The lowest BCUT2D eigenvalue weighted by Gasteiger charge is -2.25. The monoisotopic (exact) mass is 592 g/mol. The number of carbonyl (C=O) groups excluding carboxylic acids is 1. The fourth-order valence-electron chi connectivity index (χ4n) is 4.58. The van der Waals surface area contributed by atoms with Crippen LogP contribution < -0.4 is 19.8 Å². The van der Waals surface area contributed by atoms with Crippen molar-refractivity contribution >= 4 is 46.4 Å². The van der Waals surface area contributed by atoms with Crippen LogP contribution in [0, 0.1) is 10.1 Å². The van der Waals surface area contributed by atoms with Gasteiger partial charge < -0.3 is 14.1 Å². The van der Waals surface area contributed by atoms with E-state index >= 15 is 0 Å². The number of esters is 1. The van der Waals surface area contributed by atoms with Crippen LogP contribution in [0.5, 0.6) is 0 Å². The molecule has 1 aliphatic rings. The number of anilines is 1. The number of benzene rings is 2. The van der Waals surface area contributed by atoms with Gasteiger partial charge in [-0.25, -0.2) is 9.79 Å². The quantitative estimate of drug-likeness (QED) is 0.173. The highest BCUT2D eigenvalue weighted by Crippen LogP contribution is 2.33. The lowest BCUT2D eigenvalue weighted by molar-refractivity contribution is -0.384. The van der Waals surface area contributed by atoms with Gasteiger partial charge in [0.2, 0.25) is 0 Å². The van der Waals surface area contributed by atoms with E-state index in [0.717, 1.165) is 11.3 Å². The van der Waals surface area contributed by atoms with E-state index in [0.29, 0.717) is 37.7 Å². The molecule has 10 nitrogen and oxygen atoms in total. The molecule has 2 aromatic heterocycles. The lowest BCUT2D eigenvalue weighted by atomic mass is 9.95. The molecule has 0 radical (unpaired) electrons. The summed E-state index contributed by atoms with van der Waals surface area (Å²) in [5.41, 5.74) is 2.36. The Morgan fingerprint density at radius 3 is 2.61 bits per heavy atom. The van der Waals surface area contributed by atoms with Crippen LogP contribution in [0.15, 0.2) is 80.1 Å². The van der Waals surface area contributed by atoms with Gasteiger partial charge in [0.1, 0.15) is 11.5 Å². The van der Waals surface area contributed by atoms with Crippen molar-refractivity contribution in [1.82, 2.24) is 4.57 Å². The third-order valence-electron chi connectivity index (χ3n) is 6.57. The number of thiazole rings is 1. The lowest BCUT2D eigenvalue weighted by Crippen LogP contribution is -2.39. The number of nitro groups is 1. The Labute approximate surface area is 243 Å². The number of nitrogens with zero attached hydrogens (tertiary/aromatic N) is 4. The summed E-state index contributed by atoms with van der Waals surface area (Å²) in [5.74, 6) is 0.132. The number of fused-ring (bicyclic) bond motifs is 1. The molecule has 0 fully saturated rings. The number of carbonyl (C=O) groups is 1. The van der Waals surface area contributed by atoms with Crippen molar-refractivity contribution < 1.29 is 18.9 Å². The third kappa shape index (κ3) is 5.33. The molecule has 1 atom stereocenters. The van der Waals surface area contributed by atoms with Gasteiger partial charge in [0.25, 0.3) is 11.2 Å². The largest absolute Gasteiger partial charge is 0.463 e. The van der Waals surface area contributed by atoms with Crippen LogP contribution in [-0.2, 0) is 9.53 Å². The predicted octanol–water partition coefficient (Wildman–Crippen LogP) is 4.69. The number of allylic oxidation sites excluding steroid dienone is 1. The average molecular weight is 593 g/mol. The molecule has 4 aromatic rings. The standard InChI is InChI=1S/C29H25ClN4O6S/c1-5-39-28(36)25-16(2)31-29-33(26(25)17-6-8-18(9-7-17)32(3)4)27(35)24(41-29)15-20-11-13-23(40-20)21-14-19(34(37)38)10-12-22(21)30/h6-15,26H,5H2,1-4H3/b24-15+. The smallest absolute Gasteiger partial charge is 0.338 e. The number of non-ortho nitro benzene ring substituents is 1. The topological polar surface area (TPSA) is 120 Å². The Hall–Kier alpha value is -4.48. The first-order valence-corrected chi connectivity index (χ1v) is 13.8. The van der Waals surface area contributed by atoms with Gasteiger partial charge in [0.15, 0.2) is 4.80 Å². The second-order valence-corrected chi connectivity index (χ2v) is 10.8. The number of halogens is 1. The maximum Gasteiger partial charge on any atom is 0.338 e. The van der Waals surface area contributed by atoms with Crippen LogP contribution in [0.25, 0.3) is 17.4 Å². The van der Waals surface area contributed by atoms with Crippen LogP contribution in [0.1, 0.15) is 31.2 Å². The zero-order valence-corrected chi connectivity index (χ0v) is 24.2. The molecule has 0 N–H and O–H groups in total. The van der Waals surface area contributed by atoms with E-state index in [4.69, 9.17) is 20.8 Å². The molecule has 0 saturated carbocycles. The Kier molecular flexibility index (Phi) is 7.65. The number of hydrogen-bond donors (Lipinski definition) is 0. The van der Waals surface area contributed by atoms with Gasteiger partial charge >= 0.3 is 5.97 Å². The van der Waals surface area contributed by atoms with Crippen LogP contribution >= 0.6 is 22.9 Å². The molecule has 0 aliphatic carbocycles. The van der Waals surface area contributed by atoms with Gasteiger partial charge in [-0.2, -0.15) is 0 Å². The number of aromatic nitrogens is 1. The Morgan fingerprint density at radius 2 is 1.95 bits per heavy atom. The molecule has 1 unspecified atom stereocenters. The first kappa shape index (κ1) is 28.1. The fourth-order valence-corrected chi connectivity index (χ4v) is 5.82. The predicted molar refractivity (Wildman–Crippen MR) is 157 cm³/mol. The molecule has 0 amide bonds. The molecular weight excluding hydrogens is 568 g/mol. The maximum atomic E-state index is 13.8.